The van der Waals surface area contributed by atoms with Gasteiger partial charge in [-0.05, 0) is 36.2 Å². The fourth-order valence-corrected chi connectivity index (χ4v) is 2.39. The molecule has 0 aromatic heterocycles. The van der Waals surface area contributed by atoms with Gasteiger partial charge >= 0.3 is 0 Å². The molecule has 3 nitrogen and oxygen atoms in total. The van der Waals surface area contributed by atoms with Crippen LogP contribution in [0.2, 0.25) is 0 Å². The van der Waals surface area contributed by atoms with Gasteiger partial charge in [-0.25, -0.2) is 8.78 Å². The Bertz CT molecular complexity index is 732. The van der Waals surface area contributed by atoms with E-state index in [2.05, 4.69) is 15.9 Å². The van der Waals surface area contributed by atoms with Crippen molar-refractivity contribution in [3.05, 3.63) is 62.6 Å². The number of hydrogen-bond acceptors (Lipinski definition) is 2. The molecule has 0 unspecified atom stereocenters. The number of carbonyl (C=O) groups excluding carboxylic acids is 1. The summed E-state index contributed by atoms with van der Waals surface area (Å²) in [6, 6.07) is 5.51. The Hall–Kier alpha value is -1.95. The second-order valence-corrected chi connectivity index (χ2v) is 5.57. The molecule has 2 aromatic rings. The number of phenols is 1. The molecule has 0 saturated heterocycles. The molecule has 6 heteroatoms. The van der Waals surface area contributed by atoms with Crippen molar-refractivity contribution in [2.24, 2.45) is 5.73 Å². The van der Waals surface area contributed by atoms with E-state index < -0.39 is 23.3 Å². The lowest BCUT2D eigenvalue weighted by Gasteiger charge is -2.12. The van der Waals surface area contributed by atoms with E-state index in [0.29, 0.717) is 4.47 Å². The predicted molar refractivity (Wildman–Crippen MR) is 78.2 cm³/mol. The molecule has 0 aliphatic heterocycles. The van der Waals surface area contributed by atoms with Crippen LogP contribution in [0.1, 0.15) is 27.0 Å². The minimum Gasteiger partial charge on any atom is -0.507 e. The summed E-state index contributed by atoms with van der Waals surface area (Å²) < 4.78 is 28.5. The monoisotopic (exact) mass is 355 g/mol. The molecular formula is C15H12BrF2NO2. The Labute approximate surface area is 128 Å². The van der Waals surface area contributed by atoms with Crippen LogP contribution >= 0.6 is 15.9 Å². The summed E-state index contributed by atoms with van der Waals surface area (Å²) in [4.78, 5) is 11.3. The van der Waals surface area contributed by atoms with Gasteiger partial charge in [0.05, 0.1) is 5.56 Å². The number of carbonyl (C=O) groups is 1. The van der Waals surface area contributed by atoms with E-state index in [1.807, 2.05) is 0 Å². The molecule has 110 valence electrons. The molecule has 3 N–H and O–H groups in total. The van der Waals surface area contributed by atoms with E-state index in [0.717, 1.165) is 0 Å². The molecule has 0 radical (unpaired) electrons. The summed E-state index contributed by atoms with van der Waals surface area (Å²) in [7, 11) is 0. The third-order valence-corrected chi connectivity index (χ3v) is 3.65. The number of benzene rings is 2. The summed E-state index contributed by atoms with van der Waals surface area (Å²) in [5.74, 6) is -2.63. The van der Waals surface area contributed by atoms with Crippen LogP contribution in [0.3, 0.4) is 0 Å². The van der Waals surface area contributed by atoms with Crippen LogP contribution < -0.4 is 5.73 Å². The summed E-state index contributed by atoms with van der Waals surface area (Å²) in [6.07, 6.45) is -0.182. The third-order valence-electron chi connectivity index (χ3n) is 3.16. The number of aryl methyl sites for hydroxylation is 1. The van der Waals surface area contributed by atoms with E-state index in [1.54, 1.807) is 6.07 Å². The van der Waals surface area contributed by atoms with Crippen molar-refractivity contribution >= 4 is 21.8 Å². The maximum atomic E-state index is 14.2. The zero-order valence-corrected chi connectivity index (χ0v) is 12.7. The summed E-state index contributed by atoms with van der Waals surface area (Å²) in [6.45, 7) is 1.45. The Morgan fingerprint density at radius 2 is 2.00 bits per heavy atom. The first-order chi connectivity index (χ1) is 9.81. The van der Waals surface area contributed by atoms with Crippen molar-refractivity contribution in [3.8, 4) is 5.75 Å². The first-order valence-corrected chi connectivity index (χ1v) is 6.85. The average molecular weight is 356 g/mol. The average Bonchev–Trinajstić information content (AvgIpc) is 2.40. The van der Waals surface area contributed by atoms with E-state index >= 15 is 0 Å². The maximum absolute atomic E-state index is 14.2. The standard InChI is InChI=1S/C15H12BrF2NO2/c1-7-4-11(15(19)21)14(20)10(13(7)18)5-8-2-3-9(16)6-12(8)17/h2-4,6,20H,5H2,1H3,(H2,19,21). The molecule has 0 saturated carbocycles. The fourth-order valence-electron chi connectivity index (χ4n) is 2.06. The smallest absolute Gasteiger partial charge is 0.252 e. The lowest BCUT2D eigenvalue weighted by molar-refractivity contribution is 0.0997. The van der Waals surface area contributed by atoms with Gasteiger partial charge in [0.2, 0.25) is 0 Å². The highest BCUT2D eigenvalue weighted by Crippen LogP contribution is 2.31. The Balaban J connectivity index is 2.55. The van der Waals surface area contributed by atoms with Crippen molar-refractivity contribution in [1.29, 1.82) is 0 Å². The molecule has 0 spiro atoms. The van der Waals surface area contributed by atoms with Crippen molar-refractivity contribution in [3.63, 3.8) is 0 Å². The van der Waals surface area contributed by atoms with Gasteiger partial charge in [0.15, 0.2) is 0 Å². The van der Waals surface area contributed by atoms with Crippen molar-refractivity contribution in [2.75, 3.05) is 0 Å². The van der Waals surface area contributed by atoms with Gasteiger partial charge in [0.25, 0.3) is 5.91 Å². The number of primary amides is 1. The predicted octanol–water partition coefficient (Wildman–Crippen LogP) is 3.43. The lowest BCUT2D eigenvalue weighted by Crippen LogP contribution is -2.13. The molecule has 0 heterocycles. The summed E-state index contributed by atoms with van der Waals surface area (Å²) >= 11 is 3.13. The van der Waals surface area contributed by atoms with E-state index in [4.69, 9.17) is 5.73 Å². The molecule has 0 bridgehead atoms. The number of aromatic hydroxyl groups is 1. The van der Waals surface area contributed by atoms with E-state index in [1.165, 1.54) is 25.1 Å². The quantitative estimate of drug-likeness (QED) is 0.885. The number of hydrogen-bond donors (Lipinski definition) is 2. The minimum absolute atomic E-state index is 0.148. The van der Waals surface area contributed by atoms with Gasteiger partial charge in [0.1, 0.15) is 17.4 Å². The Morgan fingerprint density at radius 3 is 2.57 bits per heavy atom. The molecule has 0 aliphatic rings. The molecule has 0 fully saturated rings. The molecular weight excluding hydrogens is 344 g/mol. The lowest BCUT2D eigenvalue weighted by atomic mass is 9.97. The zero-order chi connectivity index (χ0) is 15.7. The first kappa shape index (κ1) is 15.4. The fraction of sp³-hybridized carbons (Fsp3) is 0.133. The van der Waals surface area contributed by atoms with Gasteiger partial charge in [-0.2, -0.15) is 0 Å². The van der Waals surface area contributed by atoms with Crippen LogP contribution in [0.4, 0.5) is 8.78 Å². The molecule has 21 heavy (non-hydrogen) atoms. The third kappa shape index (κ3) is 3.05. The number of halogens is 3. The van der Waals surface area contributed by atoms with E-state index in [-0.39, 0.29) is 28.7 Å². The van der Waals surface area contributed by atoms with Crippen molar-refractivity contribution in [1.82, 2.24) is 0 Å². The van der Waals surface area contributed by atoms with E-state index in [9.17, 15) is 18.7 Å². The number of rotatable bonds is 3. The second-order valence-electron chi connectivity index (χ2n) is 4.66. The van der Waals surface area contributed by atoms with Crippen molar-refractivity contribution < 1.29 is 18.7 Å². The highest BCUT2D eigenvalue weighted by atomic mass is 79.9. The van der Waals surface area contributed by atoms with Gasteiger partial charge in [-0.15, -0.1) is 0 Å². The molecule has 0 aliphatic carbocycles. The van der Waals surface area contributed by atoms with Crippen LogP contribution in [0.25, 0.3) is 0 Å². The molecule has 0 atom stereocenters. The second kappa shape index (κ2) is 5.81. The highest BCUT2D eigenvalue weighted by molar-refractivity contribution is 9.10. The van der Waals surface area contributed by atoms with Gasteiger partial charge in [-0.1, -0.05) is 22.0 Å². The normalized spacial score (nSPS) is 10.7. The topological polar surface area (TPSA) is 63.3 Å². The Kier molecular flexibility index (Phi) is 4.27. The number of amides is 1. The van der Waals surface area contributed by atoms with Gasteiger partial charge in [0, 0.05) is 16.5 Å². The van der Waals surface area contributed by atoms with Crippen LogP contribution in [0, 0.1) is 18.6 Å². The van der Waals surface area contributed by atoms with Crippen LogP contribution in [-0.4, -0.2) is 11.0 Å². The molecule has 1 amide bonds. The highest BCUT2D eigenvalue weighted by Gasteiger charge is 2.20. The van der Waals surface area contributed by atoms with Gasteiger partial charge in [-0.3, -0.25) is 4.79 Å². The van der Waals surface area contributed by atoms with Crippen LogP contribution in [-0.2, 0) is 6.42 Å². The molecule has 2 rings (SSSR count). The Morgan fingerprint density at radius 1 is 1.33 bits per heavy atom. The zero-order valence-electron chi connectivity index (χ0n) is 11.1. The van der Waals surface area contributed by atoms with Crippen LogP contribution in [0.15, 0.2) is 28.7 Å². The van der Waals surface area contributed by atoms with Crippen molar-refractivity contribution in [2.45, 2.75) is 13.3 Å². The summed E-state index contributed by atoms with van der Waals surface area (Å²) in [5.41, 5.74) is 5.18. The molecule has 2 aromatic carbocycles. The largest absolute Gasteiger partial charge is 0.507 e. The maximum Gasteiger partial charge on any atom is 0.252 e. The SMILES string of the molecule is Cc1cc(C(N)=O)c(O)c(Cc2ccc(Br)cc2F)c1F. The number of nitrogens with two attached hydrogens (primary N) is 1. The minimum atomic E-state index is -0.867. The summed E-state index contributed by atoms with van der Waals surface area (Å²) in [5, 5.41) is 10.00. The van der Waals surface area contributed by atoms with Crippen LogP contribution in [0.5, 0.6) is 5.75 Å². The van der Waals surface area contributed by atoms with Gasteiger partial charge < -0.3 is 10.8 Å². The first-order valence-electron chi connectivity index (χ1n) is 6.06.